The SMILES string of the molecule is CCC(=O)N1CCC(F)C1. The Hall–Kier alpha value is -0.600. The fourth-order valence-corrected chi connectivity index (χ4v) is 1.17. The molecule has 1 amide bonds. The van der Waals surface area contributed by atoms with E-state index < -0.39 is 6.17 Å². The average Bonchev–Trinajstić information content (AvgIpc) is 2.34. The van der Waals surface area contributed by atoms with Gasteiger partial charge in [0.15, 0.2) is 0 Å². The Morgan fingerprint density at radius 3 is 2.90 bits per heavy atom. The van der Waals surface area contributed by atoms with Gasteiger partial charge >= 0.3 is 0 Å². The van der Waals surface area contributed by atoms with Gasteiger partial charge in [0.2, 0.25) is 5.91 Å². The van der Waals surface area contributed by atoms with Gasteiger partial charge in [-0.3, -0.25) is 4.79 Å². The molecule has 3 heteroatoms. The molecule has 10 heavy (non-hydrogen) atoms. The summed E-state index contributed by atoms with van der Waals surface area (Å²) in [6.07, 6.45) is 0.230. The molecule has 0 N–H and O–H groups in total. The van der Waals surface area contributed by atoms with E-state index in [4.69, 9.17) is 0 Å². The number of hydrogen-bond acceptors (Lipinski definition) is 1. The van der Waals surface area contributed by atoms with Crippen molar-refractivity contribution in [3.8, 4) is 0 Å². The first-order chi connectivity index (χ1) is 4.74. The molecule has 1 unspecified atom stereocenters. The highest BCUT2D eigenvalue weighted by atomic mass is 19.1. The van der Waals surface area contributed by atoms with Gasteiger partial charge in [-0.25, -0.2) is 4.39 Å². The minimum Gasteiger partial charge on any atom is -0.340 e. The molecular formula is C7H12FNO. The van der Waals surface area contributed by atoms with Crippen molar-refractivity contribution in [3.63, 3.8) is 0 Å². The largest absolute Gasteiger partial charge is 0.340 e. The molecule has 0 aromatic heterocycles. The van der Waals surface area contributed by atoms with Gasteiger partial charge in [-0.2, -0.15) is 0 Å². The molecule has 1 aliphatic heterocycles. The van der Waals surface area contributed by atoms with Crippen LogP contribution in [-0.2, 0) is 4.79 Å². The van der Waals surface area contributed by atoms with Crippen LogP contribution in [0.15, 0.2) is 0 Å². The first-order valence-corrected chi connectivity index (χ1v) is 3.66. The summed E-state index contributed by atoms with van der Waals surface area (Å²) >= 11 is 0. The molecule has 2 nitrogen and oxygen atoms in total. The number of alkyl halides is 1. The third-order valence-electron chi connectivity index (χ3n) is 1.79. The maximum atomic E-state index is 12.5. The van der Waals surface area contributed by atoms with E-state index in [-0.39, 0.29) is 5.91 Å². The van der Waals surface area contributed by atoms with Crippen molar-refractivity contribution in [1.82, 2.24) is 4.90 Å². The van der Waals surface area contributed by atoms with Crippen LogP contribution in [-0.4, -0.2) is 30.1 Å². The lowest BCUT2D eigenvalue weighted by Crippen LogP contribution is -2.27. The minimum absolute atomic E-state index is 0.0696. The molecule has 0 aromatic carbocycles. The molecule has 0 radical (unpaired) electrons. The Bertz CT molecular complexity index is 138. The van der Waals surface area contributed by atoms with Crippen LogP contribution < -0.4 is 0 Å². The van der Waals surface area contributed by atoms with Gasteiger partial charge in [0.05, 0.1) is 6.54 Å². The Morgan fingerprint density at radius 1 is 1.80 bits per heavy atom. The van der Waals surface area contributed by atoms with Crippen molar-refractivity contribution in [2.75, 3.05) is 13.1 Å². The summed E-state index contributed by atoms with van der Waals surface area (Å²) in [5.74, 6) is 0.0696. The van der Waals surface area contributed by atoms with Crippen molar-refractivity contribution in [3.05, 3.63) is 0 Å². The Balaban J connectivity index is 2.37. The summed E-state index contributed by atoms with van der Waals surface area (Å²) in [5.41, 5.74) is 0. The third-order valence-corrected chi connectivity index (χ3v) is 1.79. The zero-order chi connectivity index (χ0) is 7.56. The highest BCUT2D eigenvalue weighted by molar-refractivity contribution is 5.76. The molecule has 1 fully saturated rings. The second-order valence-corrected chi connectivity index (χ2v) is 2.58. The number of carbonyl (C=O) groups is 1. The molecule has 1 rings (SSSR count). The molecule has 1 saturated heterocycles. The topological polar surface area (TPSA) is 20.3 Å². The van der Waals surface area contributed by atoms with E-state index in [1.54, 1.807) is 11.8 Å². The van der Waals surface area contributed by atoms with Crippen molar-refractivity contribution >= 4 is 5.91 Å². The average molecular weight is 145 g/mol. The van der Waals surface area contributed by atoms with E-state index in [1.807, 2.05) is 0 Å². The number of nitrogens with zero attached hydrogens (tertiary/aromatic N) is 1. The first-order valence-electron chi connectivity index (χ1n) is 3.66. The Morgan fingerprint density at radius 2 is 2.50 bits per heavy atom. The van der Waals surface area contributed by atoms with Gasteiger partial charge in [-0.1, -0.05) is 6.92 Å². The van der Waals surface area contributed by atoms with Crippen molar-refractivity contribution in [2.24, 2.45) is 0 Å². The molecule has 1 heterocycles. The van der Waals surface area contributed by atoms with Crippen LogP contribution in [0, 0.1) is 0 Å². The van der Waals surface area contributed by atoms with Crippen LogP contribution in [0.3, 0.4) is 0 Å². The van der Waals surface area contributed by atoms with Gasteiger partial charge in [0.1, 0.15) is 6.17 Å². The zero-order valence-electron chi connectivity index (χ0n) is 6.14. The number of likely N-dealkylation sites (tertiary alicyclic amines) is 1. The van der Waals surface area contributed by atoms with E-state index >= 15 is 0 Å². The van der Waals surface area contributed by atoms with E-state index in [9.17, 15) is 9.18 Å². The Labute approximate surface area is 60.0 Å². The molecule has 0 saturated carbocycles. The molecule has 0 spiro atoms. The highest BCUT2D eigenvalue weighted by Gasteiger charge is 2.24. The quantitative estimate of drug-likeness (QED) is 0.538. The van der Waals surface area contributed by atoms with Gasteiger partial charge in [-0.05, 0) is 6.42 Å². The molecule has 0 aliphatic carbocycles. The lowest BCUT2D eigenvalue weighted by atomic mass is 10.3. The smallest absolute Gasteiger partial charge is 0.222 e. The summed E-state index contributed by atoms with van der Waals surface area (Å²) in [6.45, 7) is 2.72. The predicted octanol–water partition coefficient (Wildman–Crippen LogP) is 0.967. The van der Waals surface area contributed by atoms with Crippen LogP contribution in [0.1, 0.15) is 19.8 Å². The minimum atomic E-state index is -0.782. The normalized spacial score (nSPS) is 25.4. The van der Waals surface area contributed by atoms with Crippen LogP contribution in [0.4, 0.5) is 4.39 Å². The summed E-state index contributed by atoms with van der Waals surface area (Å²) in [7, 11) is 0. The fourth-order valence-electron chi connectivity index (χ4n) is 1.17. The monoisotopic (exact) mass is 145 g/mol. The number of hydrogen-bond donors (Lipinski definition) is 0. The molecule has 1 aliphatic rings. The van der Waals surface area contributed by atoms with Crippen LogP contribution >= 0.6 is 0 Å². The highest BCUT2D eigenvalue weighted by Crippen LogP contribution is 2.12. The van der Waals surface area contributed by atoms with Gasteiger partial charge in [-0.15, -0.1) is 0 Å². The Kier molecular flexibility index (Phi) is 2.25. The second-order valence-electron chi connectivity index (χ2n) is 2.58. The van der Waals surface area contributed by atoms with E-state index in [2.05, 4.69) is 0 Å². The number of halogens is 1. The van der Waals surface area contributed by atoms with Gasteiger partial charge in [0.25, 0.3) is 0 Å². The van der Waals surface area contributed by atoms with E-state index in [0.717, 1.165) is 0 Å². The summed E-state index contributed by atoms with van der Waals surface area (Å²) in [4.78, 5) is 12.5. The van der Waals surface area contributed by atoms with Gasteiger partial charge < -0.3 is 4.90 Å². The van der Waals surface area contributed by atoms with Crippen LogP contribution in [0.5, 0.6) is 0 Å². The first kappa shape index (κ1) is 7.51. The lowest BCUT2D eigenvalue weighted by molar-refractivity contribution is -0.129. The standard InChI is InChI=1S/C7H12FNO/c1-2-7(10)9-4-3-6(8)5-9/h6H,2-5H2,1H3. The van der Waals surface area contributed by atoms with E-state index in [0.29, 0.717) is 25.9 Å². The number of carbonyl (C=O) groups excluding carboxylic acids is 1. The summed E-state index contributed by atoms with van der Waals surface area (Å²) in [5, 5.41) is 0. The zero-order valence-corrected chi connectivity index (χ0v) is 6.14. The molecule has 0 bridgehead atoms. The predicted molar refractivity (Wildman–Crippen MR) is 36.4 cm³/mol. The lowest BCUT2D eigenvalue weighted by Gasteiger charge is -2.12. The van der Waals surface area contributed by atoms with Crippen LogP contribution in [0.25, 0.3) is 0 Å². The van der Waals surface area contributed by atoms with Crippen LogP contribution in [0.2, 0.25) is 0 Å². The third kappa shape index (κ3) is 1.46. The maximum absolute atomic E-state index is 12.5. The van der Waals surface area contributed by atoms with Crippen molar-refractivity contribution in [2.45, 2.75) is 25.9 Å². The molecule has 0 aromatic rings. The summed E-state index contributed by atoms with van der Waals surface area (Å²) in [6, 6.07) is 0. The number of amides is 1. The maximum Gasteiger partial charge on any atom is 0.222 e. The molecule has 58 valence electrons. The second kappa shape index (κ2) is 2.99. The van der Waals surface area contributed by atoms with Gasteiger partial charge in [0, 0.05) is 13.0 Å². The fraction of sp³-hybridized carbons (Fsp3) is 0.857. The molecule has 1 atom stereocenters. The van der Waals surface area contributed by atoms with Crippen molar-refractivity contribution < 1.29 is 9.18 Å². The summed E-state index contributed by atoms with van der Waals surface area (Å²) < 4.78 is 12.5. The number of rotatable bonds is 1. The van der Waals surface area contributed by atoms with Crippen molar-refractivity contribution in [1.29, 1.82) is 0 Å². The van der Waals surface area contributed by atoms with E-state index in [1.165, 1.54) is 0 Å². The molecular weight excluding hydrogens is 133 g/mol.